The van der Waals surface area contributed by atoms with Gasteiger partial charge in [-0.1, -0.05) is 286 Å². The highest BCUT2D eigenvalue weighted by molar-refractivity contribution is 5.71. The van der Waals surface area contributed by atoms with Crippen molar-refractivity contribution < 1.29 is 28.6 Å². The van der Waals surface area contributed by atoms with Crippen molar-refractivity contribution in [1.29, 1.82) is 0 Å². The monoisotopic (exact) mass is 1020 g/mol. The van der Waals surface area contributed by atoms with Crippen molar-refractivity contribution in [3.05, 3.63) is 85.1 Å². The van der Waals surface area contributed by atoms with E-state index in [1.54, 1.807) is 0 Å². The van der Waals surface area contributed by atoms with Crippen molar-refractivity contribution in [3.8, 4) is 0 Å². The van der Waals surface area contributed by atoms with Crippen LogP contribution in [0.25, 0.3) is 0 Å². The lowest BCUT2D eigenvalue weighted by molar-refractivity contribution is -0.166. The summed E-state index contributed by atoms with van der Waals surface area (Å²) in [7, 11) is 0. The Bertz CT molecular complexity index is 1400. The molecule has 0 aliphatic heterocycles. The number of carbonyl (C=O) groups excluding carboxylic acids is 3. The van der Waals surface area contributed by atoms with Crippen molar-refractivity contribution in [2.24, 2.45) is 0 Å². The number of allylic oxidation sites excluding steroid dienone is 14. The number of hydrogen-bond acceptors (Lipinski definition) is 6. The van der Waals surface area contributed by atoms with Crippen LogP contribution in [-0.2, 0) is 28.6 Å². The summed E-state index contributed by atoms with van der Waals surface area (Å²) >= 11 is 0. The average Bonchev–Trinajstić information content (AvgIpc) is 3.39. The molecule has 0 aromatic carbocycles. The quantitative estimate of drug-likeness (QED) is 0.0261. The Morgan fingerprint density at radius 2 is 0.562 bits per heavy atom. The van der Waals surface area contributed by atoms with Gasteiger partial charge in [0.05, 0.1) is 0 Å². The Kier molecular flexibility index (Phi) is 58.3. The topological polar surface area (TPSA) is 78.9 Å². The molecule has 0 rings (SSSR count). The molecular weight excluding hydrogens is 901 g/mol. The molecule has 0 amide bonds. The fourth-order valence-electron chi connectivity index (χ4n) is 8.76. The van der Waals surface area contributed by atoms with E-state index >= 15 is 0 Å². The van der Waals surface area contributed by atoms with E-state index < -0.39 is 6.10 Å². The minimum absolute atomic E-state index is 0.0978. The second-order valence-electron chi connectivity index (χ2n) is 20.6. The molecule has 6 nitrogen and oxygen atoms in total. The van der Waals surface area contributed by atoms with E-state index in [0.29, 0.717) is 19.3 Å². The van der Waals surface area contributed by atoms with Crippen LogP contribution in [0, 0.1) is 0 Å². The van der Waals surface area contributed by atoms with Gasteiger partial charge in [0.25, 0.3) is 0 Å². The van der Waals surface area contributed by atoms with Gasteiger partial charge in [-0.05, 0) is 83.5 Å². The average molecular weight is 1020 g/mol. The summed E-state index contributed by atoms with van der Waals surface area (Å²) in [6.07, 6.45) is 80.2. The highest BCUT2D eigenvalue weighted by Crippen LogP contribution is 2.16. The first kappa shape index (κ1) is 69.6. The second kappa shape index (κ2) is 61.1. The summed E-state index contributed by atoms with van der Waals surface area (Å²) in [4.78, 5) is 38.3. The number of ether oxygens (including phenoxy) is 3. The predicted octanol–water partition coefficient (Wildman–Crippen LogP) is 21.1. The maximum absolute atomic E-state index is 12.9. The van der Waals surface area contributed by atoms with Crippen LogP contribution in [0.3, 0.4) is 0 Å². The van der Waals surface area contributed by atoms with Crippen LogP contribution in [0.4, 0.5) is 0 Å². The summed E-state index contributed by atoms with van der Waals surface area (Å²) in [5.74, 6) is -0.975. The standard InChI is InChI=1S/C67H116O6/c1-4-7-10-13-16-19-22-25-28-31-33-36-39-42-45-48-51-54-57-60-66(69)72-63-64(62-71-65(68)59-56-53-50-47-44-41-38-35-30-27-24-21-18-15-12-9-6-3)73-67(70)61-58-55-52-49-46-43-40-37-34-32-29-26-23-20-17-14-11-8-5-2/h7,10,16,19,25-26,28-29,33,36,42,45,51,54,64H,4-6,8-9,11-15,17-18,20-24,27,30-32,34-35,37-41,43-44,46-50,52-53,55-63H2,1-3H3/b10-7+,19-16+,28-25+,29-26+,36-33+,45-42+,54-51+/t64-/m1/s1. The summed E-state index contributed by atoms with van der Waals surface area (Å²) in [6.45, 7) is 6.49. The molecule has 420 valence electrons. The van der Waals surface area contributed by atoms with Crippen LogP contribution in [0.5, 0.6) is 0 Å². The minimum atomic E-state index is -0.808. The van der Waals surface area contributed by atoms with Crippen molar-refractivity contribution in [2.45, 2.75) is 309 Å². The molecular formula is C67H116O6. The number of hydrogen-bond donors (Lipinski definition) is 0. The molecule has 0 saturated heterocycles. The zero-order valence-electron chi connectivity index (χ0n) is 48.1. The molecule has 1 atom stereocenters. The van der Waals surface area contributed by atoms with Crippen LogP contribution < -0.4 is 0 Å². The minimum Gasteiger partial charge on any atom is -0.462 e. The van der Waals surface area contributed by atoms with Gasteiger partial charge in [-0.15, -0.1) is 0 Å². The smallest absolute Gasteiger partial charge is 0.306 e. The summed E-state index contributed by atoms with van der Waals surface area (Å²) < 4.78 is 16.9. The Balaban J connectivity index is 4.47. The van der Waals surface area contributed by atoms with Crippen molar-refractivity contribution in [3.63, 3.8) is 0 Å². The molecule has 0 aromatic heterocycles. The molecule has 0 bridgehead atoms. The van der Waals surface area contributed by atoms with Crippen LogP contribution in [-0.4, -0.2) is 37.2 Å². The van der Waals surface area contributed by atoms with Gasteiger partial charge >= 0.3 is 17.9 Å². The zero-order chi connectivity index (χ0) is 52.9. The Morgan fingerprint density at radius 1 is 0.288 bits per heavy atom. The largest absolute Gasteiger partial charge is 0.462 e. The number of unbranched alkanes of at least 4 members (excludes halogenated alkanes) is 31. The van der Waals surface area contributed by atoms with E-state index in [4.69, 9.17) is 14.2 Å². The lowest BCUT2D eigenvalue weighted by Gasteiger charge is -2.18. The highest BCUT2D eigenvalue weighted by atomic mass is 16.6. The van der Waals surface area contributed by atoms with Crippen molar-refractivity contribution in [2.75, 3.05) is 13.2 Å². The first-order valence-electron chi connectivity index (χ1n) is 31.1. The normalized spacial score (nSPS) is 12.6. The van der Waals surface area contributed by atoms with Gasteiger partial charge in [-0.2, -0.15) is 0 Å². The Hall–Kier alpha value is -3.41. The first-order chi connectivity index (χ1) is 36.0. The van der Waals surface area contributed by atoms with E-state index in [1.807, 2.05) is 6.08 Å². The molecule has 0 N–H and O–H groups in total. The lowest BCUT2D eigenvalue weighted by Crippen LogP contribution is -2.30. The first-order valence-corrected chi connectivity index (χ1v) is 31.1. The fraction of sp³-hybridized carbons (Fsp3) is 0.746. The predicted molar refractivity (Wildman–Crippen MR) is 316 cm³/mol. The van der Waals surface area contributed by atoms with Crippen LogP contribution in [0.1, 0.15) is 303 Å². The molecule has 0 aliphatic carbocycles. The highest BCUT2D eigenvalue weighted by Gasteiger charge is 2.19. The second-order valence-corrected chi connectivity index (χ2v) is 20.6. The zero-order valence-corrected chi connectivity index (χ0v) is 48.1. The molecule has 0 unspecified atom stereocenters. The number of esters is 3. The van der Waals surface area contributed by atoms with E-state index in [-0.39, 0.29) is 37.5 Å². The van der Waals surface area contributed by atoms with Crippen LogP contribution in [0.2, 0.25) is 0 Å². The van der Waals surface area contributed by atoms with Crippen molar-refractivity contribution >= 4 is 17.9 Å². The molecule has 73 heavy (non-hydrogen) atoms. The molecule has 0 fully saturated rings. The Morgan fingerprint density at radius 3 is 0.918 bits per heavy atom. The van der Waals surface area contributed by atoms with Gasteiger partial charge < -0.3 is 14.2 Å². The van der Waals surface area contributed by atoms with Crippen LogP contribution >= 0.6 is 0 Å². The fourth-order valence-corrected chi connectivity index (χ4v) is 8.76. The molecule has 0 saturated carbocycles. The summed E-state index contributed by atoms with van der Waals surface area (Å²) in [6, 6.07) is 0. The van der Waals surface area contributed by atoms with Gasteiger partial charge in [-0.3, -0.25) is 14.4 Å². The maximum atomic E-state index is 12.9. The van der Waals surface area contributed by atoms with Gasteiger partial charge in [-0.25, -0.2) is 0 Å². The van der Waals surface area contributed by atoms with Gasteiger partial charge in [0.2, 0.25) is 0 Å². The molecule has 0 radical (unpaired) electrons. The lowest BCUT2D eigenvalue weighted by atomic mass is 10.0. The third kappa shape index (κ3) is 59.3. The maximum Gasteiger partial charge on any atom is 0.306 e. The molecule has 0 aliphatic rings. The van der Waals surface area contributed by atoms with Crippen molar-refractivity contribution in [1.82, 2.24) is 0 Å². The van der Waals surface area contributed by atoms with Gasteiger partial charge in [0.1, 0.15) is 13.2 Å². The summed E-state index contributed by atoms with van der Waals surface area (Å²) in [5, 5.41) is 0. The number of rotatable bonds is 56. The SMILES string of the molecule is CC/C=C/C/C=C/C/C=C/C/C=C/C/C=C/C/C=C/CCC(=O)OC[C@@H](COC(=O)CCCCCCCCCCCCCCCCCCC)OC(=O)CCCCCCCCCCC/C=C/CCCCCCCC. The van der Waals surface area contributed by atoms with Gasteiger partial charge in [0, 0.05) is 19.3 Å². The number of carbonyl (C=O) groups is 3. The third-order valence-electron chi connectivity index (χ3n) is 13.4. The van der Waals surface area contributed by atoms with E-state index in [2.05, 4.69) is 99.8 Å². The molecule has 0 aromatic rings. The van der Waals surface area contributed by atoms with E-state index in [1.165, 1.54) is 180 Å². The Labute approximate surface area is 452 Å². The molecule has 0 spiro atoms. The summed E-state index contributed by atoms with van der Waals surface area (Å²) in [5.41, 5.74) is 0. The van der Waals surface area contributed by atoms with E-state index in [9.17, 15) is 14.4 Å². The molecule has 6 heteroatoms. The third-order valence-corrected chi connectivity index (χ3v) is 13.4. The van der Waals surface area contributed by atoms with Gasteiger partial charge in [0.15, 0.2) is 6.10 Å². The molecule has 0 heterocycles. The van der Waals surface area contributed by atoms with Crippen LogP contribution in [0.15, 0.2) is 85.1 Å². The van der Waals surface area contributed by atoms with E-state index in [0.717, 1.165) is 77.0 Å².